The number of carbonyl (C=O) groups excluding carboxylic acids is 1. The van der Waals surface area contributed by atoms with Gasteiger partial charge in [0, 0.05) is 79.4 Å². The van der Waals surface area contributed by atoms with Crippen molar-refractivity contribution < 1.29 is 31.4 Å². The van der Waals surface area contributed by atoms with Gasteiger partial charge in [-0.05, 0) is 40.2 Å². The summed E-state index contributed by atoms with van der Waals surface area (Å²) in [5.74, 6) is 0. The van der Waals surface area contributed by atoms with E-state index in [1.54, 1.807) is 21.3 Å². The molecule has 0 saturated carbocycles. The monoisotopic (exact) mass is 512 g/mol. The molecule has 0 aromatic heterocycles. The fourth-order valence-corrected chi connectivity index (χ4v) is 7.25. The van der Waals surface area contributed by atoms with Crippen LogP contribution in [0.4, 0.5) is 0 Å². The lowest BCUT2D eigenvalue weighted by molar-refractivity contribution is 0.0710. The summed E-state index contributed by atoms with van der Waals surface area (Å²) >= 11 is 0. The Morgan fingerprint density at radius 2 is 1.24 bits per heavy atom. The molecular formula is C20H48N4O7Si2. The third-order valence-corrected chi connectivity index (χ3v) is 10.5. The van der Waals surface area contributed by atoms with Crippen LogP contribution >= 0.6 is 0 Å². The number of hydrogen-bond donors (Lipinski definition) is 3. The standard InChI is InChI=1S/C10H27N3O3Si.C10H21NO4Si/c1-14-17(15-2,16-3)10-4-6-12-8-9-13-7-5-11;1-4-13-16(14-5-2,15-6-3)9-7-8-11-10-12/h12-13H,4-11H2,1-3H3;4-9H2,1-3H3. The van der Waals surface area contributed by atoms with Crippen LogP contribution in [0.2, 0.25) is 12.1 Å². The Morgan fingerprint density at radius 1 is 0.758 bits per heavy atom. The third-order valence-electron chi connectivity index (χ3n) is 4.48. The SMILES string of the molecule is CCO[Si](CCCN=C=O)(OCC)OCC.CO[Si](CCCNCCNCCN)(OC)OC. The average molecular weight is 513 g/mol. The van der Waals surface area contributed by atoms with Crippen LogP contribution in [-0.2, 0) is 31.4 Å². The normalized spacial score (nSPS) is 11.6. The molecule has 0 aliphatic heterocycles. The summed E-state index contributed by atoms with van der Waals surface area (Å²) < 4.78 is 32.9. The highest BCUT2D eigenvalue weighted by Gasteiger charge is 2.39. The van der Waals surface area contributed by atoms with Gasteiger partial charge in [-0.2, -0.15) is 0 Å². The zero-order valence-corrected chi connectivity index (χ0v) is 23.6. The molecule has 0 bridgehead atoms. The van der Waals surface area contributed by atoms with Crippen molar-refractivity contribution in [3.63, 3.8) is 0 Å². The van der Waals surface area contributed by atoms with Crippen molar-refractivity contribution in [1.82, 2.24) is 10.6 Å². The zero-order valence-electron chi connectivity index (χ0n) is 21.6. The number of nitrogens with one attached hydrogen (secondary N) is 2. The maximum absolute atomic E-state index is 9.93. The Bertz CT molecular complexity index is 446. The van der Waals surface area contributed by atoms with E-state index in [2.05, 4.69) is 15.6 Å². The zero-order chi connectivity index (χ0) is 25.3. The second-order valence-corrected chi connectivity index (χ2v) is 12.6. The molecule has 0 unspecified atom stereocenters. The van der Waals surface area contributed by atoms with Crippen LogP contribution in [-0.4, -0.2) is 104 Å². The van der Waals surface area contributed by atoms with Crippen LogP contribution in [0.15, 0.2) is 4.99 Å². The molecule has 33 heavy (non-hydrogen) atoms. The minimum absolute atomic E-state index is 0.450. The second-order valence-electron chi connectivity index (χ2n) is 6.75. The fourth-order valence-electron chi connectivity index (χ4n) is 2.94. The first-order valence-electron chi connectivity index (χ1n) is 11.7. The van der Waals surface area contributed by atoms with Crippen LogP contribution in [0.5, 0.6) is 0 Å². The molecule has 0 amide bonds. The van der Waals surface area contributed by atoms with Crippen molar-refractivity contribution in [2.24, 2.45) is 10.7 Å². The van der Waals surface area contributed by atoms with Crippen LogP contribution in [0, 0.1) is 0 Å². The second kappa shape index (κ2) is 24.6. The lowest BCUT2D eigenvalue weighted by Crippen LogP contribution is -2.46. The van der Waals surface area contributed by atoms with E-state index in [1.807, 2.05) is 20.8 Å². The number of hydrogen-bond acceptors (Lipinski definition) is 11. The summed E-state index contributed by atoms with van der Waals surface area (Å²) in [6.07, 6.45) is 3.23. The summed E-state index contributed by atoms with van der Waals surface area (Å²) in [6, 6.07) is 1.52. The molecule has 0 aromatic carbocycles. The molecule has 11 nitrogen and oxygen atoms in total. The molecule has 4 N–H and O–H groups in total. The van der Waals surface area contributed by atoms with Crippen molar-refractivity contribution in [3.05, 3.63) is 0 Å². The number of nitrogens with zero attached hydrogens (tertiary/aromatic N) is 1. The van der Waals surface area contributed by atoms with Crippen molar-refractivity contribution in [3.8, 4) is 0 Å². The summed E-state index contributed by atoms with van der Waals surface area (Å²) in [5.41, 5.74) is 5.36. The van der Waals surface area contributed by atoms with Crippen LogP contribution < -0.4 is 16.4 Å². The van der Waals surface area contributed by atoms with Gasteiger partial charge in [-0.3, -0.25) is 0 Å². The molecule has 0 fully saturated rings. The van der Waals surface area contributed by atoms with Crippen molar-refractivity contribution in [2.45, 2.75) is 45.7 Å². The van der Waals surface area contributed by atoms with E-state index < -0.39 is 17.6 Å². The fraction of sp³-hybridized carbons (Fsp3) is 0.950. The topological polar surface area (TPSA) is 135 Å². The number of aliphatic imine (C=N–C) groups is 1. The van der Waals surface area contributed by atoms with Gasteiger partial charge in [0.2, 0.25) is 6.08 Å². The van der Waals surface area contributed by atoms with E-state index in [0.29, 0.717) is 39.0 Å². The highest BCUT2D eigenvalue weighted by Crippen LogP contribution is 2.18. The molecule has 0 atom stereocenters. The molecule has 0 radical (unpaired) electrons. The van der Waals surface area contributed by atoms with E-state index in [4.69, 9.17) is 32.3 Å². The summed E-state index contributed by atoms with van der Waals surface area (Å²) in [6.45, 7) is 12.3. The molecule has 13 heteroatoms. The largest absolute Gasteiger partial charge is 0.500 e. The molecule has 0 aliphatic rings. The Kier molecular flexibility index (Phi) is 25.8. The van der Waals surface area contributed by atoms with Gasteiger partial charge in [0.15, 0.2) is 0 Å². The van der Waals surface area contributed by atoms with Gasteiger partial charge in [-0.15, -0.1) is 0 Å². The molecule has 0 aromatic rings. The Morgan fingerprint density at radius 3 is 1.67 bits per heavy atom. The smallest absolute Gasteiger partial charge is 0.377 e. The predicted molar refractivity (Wildman–Crippen MR) is 134 cm³/mol. The Balaban J connectivity index is 0. The molecule has 0 spiro atoms. The molecular weight excluding hydrogens is 464 g/mol. The highest BCUT2D eigenvalue weighted by molar-refractivity contribution is 6.61. The highest BCUT2D eigenvalue weighted by atomic mass is 28.4. The Hall–Kier alpha value is -0.546. The van der Waals surface area contributed by atoms with Gasteiger partial charge in [0.1, 0.15) is 0 Å². The average Bonchev–Trinajstić information content (AvgIpc) is 2.82. The van der Waals surface area contributed by atoms with E-state index in [1.165, 1.54) is 6.08 Å². The minimum atomic E-state index is -2.54. The van der Waals surface area contributed by atoms with Gasteiger partial charge in [-0.25, -0.2) is 9.79 Å². The summed E-state index contributed by atoms with van der Waals surface area (Å²) in [4.78, 5) is 13.4. The predicted octanol–water partition coefficient (Wildman–Crippen LogP) is 1.15. The minimum Gasteiger partial charge on any atom is -0.377 e. The molecule has 0 saturated heterocycles. The van der Waals surface area contributed by atoms with Crippen LogP contribution in [0.1, 0.15) is 33.6 Å². The van der Waals surface area contributed by atoms with Gasteiger partial charge in [0.25, 0.3) is 0 Å². The van der Waals surface area contributed by atoms with Gasteiger partial charge in [0.05, 0.1) is 6.54 Å². The number of nitrogens with two attached hydrogens (primary N) is 1. The lowest BCUT2D eigenvalue weighted by Gasteiger charge is -2.28. The van der Waals surface area contributed by atoms with Crippen molar-refractivity contribution in [2.75, 3.05) is 80.4 Å². The first kappa shape index (κ1) is 34.6. The van der Waals surface area contributed by atoms with Crippen LogP contribution in [0.25, 0.3) is 0 Å². The molecule has 0 heterocycles. The lowest BCUT2D eigenvalue weighted by atomic mass is 10.4. The maximum Gasteiger partial charge on any atom is 0.500 e. The molecule has 198 valence electrons. The van der Waals surface area contributed by atoms with E-state index >= 15 is 0 Å². The summed E-state index contributed by atoms with van der Waals surface area (Å²) in [7, 11) is 0.0207. The van der Waals surface area contributed by atoms with Crippen LogP contribution in [0.3, 0.4) is 0 Å². The van der Waals surface area contributed by atoms with Gasteiger partial charge < -0.3 is 42.9 Å². The van der Waals surface area contributed by atoms with Crippen molar-refractivity contribution >= 4 is 23.7 Å². The number of isocyanates is 1. The van der Waals surface area contributed by atoms with E-state index in [0.717, 1.165) is 45.1 Å². The first-order valence-corrected chi connectivity index (χ1v) is 15.6. The molecule has 0 rings (SSSR count). The van der Waals surface area contributed by atoms with Gasteiger partial charge >= 0.3 is 17.6 Å². The van der Waals surface area contributed by atoms with Crippen molar-refractivity contribution in [1.29, 1.82) is 0 Å². The quantitative estimate of drug-likeness (QED) is 0.0839. The maximum atomic E-state index is 9.93. The van der Waals surface area contributed by atoms with E-state index in [9.17, 15) is 4.79 Å². The summed E-state index contributed by atoms with van der Waals surface area (Å²) in [5, 5.41) is 6.56. The van der Waals surface area contributed by atoms with E-state index in [-0.39, 0.29) is 0 Å². The Labute approximate surface area is 202 Å². The van der Waals surface area contributed by atoms with Gasteiger partial charge in [-0.1, -0.05) is 0 Å². The third kappa shape index (κ3) is 18.5. The number of rotatable bonds is 22. The molecule has 0 aliphatic carbocycles. The first-order chi connectivity index (χ1) is 16.0.